The summed E-state index contributed by atoms with van der Waals surface area (Å²) in [5, 5.41) is 7.84. The Morgan fingerprint density at radius 1 is 1.10 bits per heavy atom. The molecule has 1 saturated carbocycles. The van der Waals surface area contributed by atoms with Crippen molar-refractivity contribution in [2.45, 2.75) is 107 Å². The number of benzene rings is 1. The molecule has 4 nitrogen and oxygen atoms in total. The van der Waals surface area contributed by atoms with Gasteiger partial charge in [0.25, 0.3) is 0 Å². The first-order chi connectivity index (χ1) is 18.5. The summed E-state index contributed by atoms with van der Waals surface area (Å²) in [7, 11) is 0. The number of aliphatic hydroxyl groups is 1. The van der Waals surface area contributed by atoms with Crippen LogP contribution in [-0.2, 0) is 16.0 Å². The Hall–Kier alpha value is -2.30. The zero-order valence-corrected chi connectivity index (χ0v) is 26.5. The smallest absolute Gasteiger partial charge is 0.143 e. The zero-order chi connectivity index (χ0) is 29.9. The van der Waals surface area contributed by atoms with E-state index in [2.05, 4.69) is 102 Å². The lowest BCUT2D eigenvalue weighted by Crippen LogP contribution is -2.29. The van der Waals surface area contributed by atoms with E-state index in [1.54, 1.807) is 0 Å². The maximum atomic E-state index is 8.00. The van der Waals surface area contributed by atoms with Crippen molar-refractivity contribution in [3.63, 3.8) is 0 Å². The van der Waals surface area contributed by atoms with Gasteiger partial charge in [-0.3, -0.25) is 4.98 Å². The Morgan fingerprint density at radius 2 is 1.69 bits per heavy atom. The Balaban J connectivity index is 0.000000700. The maximum Gasteiger partial charge on any atom is 0.143 e. The highest BCUT2D eigenvalue weighted by atomic mass is 16.6. The van der Waals surface area contributed by atoms with Gasteiger partial charge in [0.15, 0.2) is 0 Å². The van der Waals surface area contributed by atoms with Gasteiger partial charge in [0.05, 0.1) is 5.69 Å². The summed E-state index contributed by atoms with van der Waals surface area (Å²) in [5.74, 6) is 0.687. The van der Waals surface area contributed by atoms with Gasteiger partial charge in [0, 0.05) is 12.8 Å². The Morgan fingerprint density at radius 3 is 2.10 bits per heavy atom. The molecule has 1 aromatic heterocycles. The molecule has 0 spiro atoms. The third-order valence-electron chi connectivity index (χ3n) is 7.14. The number of ether oxygens (including phenoxy) is 1. The van der Waals surface area contributed by atoms with Gasteiger partial charge in [0.1, 0.15) is 13.6 Å². The predicted octanol–water partition coefficient (Wildman–Crippen LogP) is 9.16. The van der Waals surface area contributed by atoms with Crippen LogP contribution in [0.1, 0.15) is 109 Å². The van der Waals surface area contributed by atoms with Gasteiger partial charge in [-0.1, -0.05) is 83.0 Å². The molecule has 2 aromatic rings. The number of aromatic nitrogens is 1. The summed E-state index contributed by atoms with van der Waals surface area (Å²) in [4.78, 5) is 12.7. The number of carbonyl (C=O) groups is 1. The third kappa shape index (κ3) is 15.2. The molecule has 220 valence electrons. The van der Waals surface area contributed by atoms with E-state index in [4.69, 9.17) is 9.90 Å². The standard InChI is InChI=1S/C21H33N.C10H14.C3H8O2.CH2O/c1-7-18(19-16(2)9-8-14-22-19)17-10-12-21(6,13-11-17)15-20(3,4)5;1-3-4-10-7-5-9(2)6-8-10;1-2-5-3-4;1-2/h7-9,14,17H,10-13,15H2,1-6H3;5-8H,3-4H2,1-2H3;4H,2-3H2,1H3;1H2/b18-7-;;;. The van der Waals surface area contributed by atoms with E-state index in [1.165, 1.54) is 72.9 Å². The van der Waals surface area contributed by atoms with Crippen LogP contribution in [0.3, 0.4) is 0 Å². The average molecular weight is 540 g/mol. The number of nitrogens with zero attached hydrogens (tertiary/aromatic N) is 1. The summed E-state index contributed by atoms with van der Waals surface area (Å²) in [6.07, 6.45) is 13.3. The van der Waals surface area contributed by atoms with Crippen molar-refractivity contribution < 1.29 is 14.6 Å². The fourth-order valence-corrected chi connectivity index (χ4v) is 5.57. The second kappa shape index (κ2) is 19.7. The minimum Gasteiger partial charge on any atom is -0.371 e. The van der Waals surface area contributed by atoms with E-state index >= 15 is 0 Å². The van der Waals surface area contributed by atoms with Crippen LogP contribution in [-0.4, -0.2) is 30.3 Å². The van der Waals surface area contributed by atoms with Crippen LogP contribution in [0.25, 0.3) is 5.57 Å². The highest BCUT2D eigenvalue weighted by Gasteiger charge is 2.35. The first-order valence-corrected chi connectivity index (χ1v) is 14.6. The number of carbonyl (C=O) groups excluding carboxylic acids is 1. The van der Waals surface area contributed by atoms with Crippen molar-refractivity contribution in [3.05, 3.63) is 71.1 Å². The molecular weight excluding hydrogens is 482 g/mol. The molecule has 4 heteroatoms. The molecule has 0 unspecified atom stereocenters. The SMILES string of the molecule is C/C=C(\c1ncccc1C)C1CCC(C)(CC(C)(C)C)CC1.C=O.CCCc1ccc(C)cc1.CCOCO. The fourth-order valence-electron chi connectivity index (χ4n) is 5.57. The summed E-state index contributed by atoms with van der Waals surface area (Å²) >= 11 is 0. The van der Waals surface area contributed by atoms with Crippen LogP contribution in [0.2, 0.25) is 0 Å². The predicted molar refractivity (Wildman–Crippen MR) is 168 cm³/mol. The number of allylic oxidation sites excluding steroid dienone is 2. The minimum absolute atomic E-state index is 0.156. The van der Waals surface area contributed by atoms with Gasteiger partial charge in [-0.15, -0.1) is 0 Å². The fraction of sp³-hybridized carbons (Fsp3) is 0.600. The summed E-state index contributed by atoms with van der Waals surface area (Å²) in [6, 6.07) is 13.0. The van der Waals surface area contributed by atoms with E-state index in [9.17, 15) is 0 Å². The van der Waals surface area contributed by atoms with Crippen LogP contribution in [0.5, 0.6) is 0 Å². The number of hydrogen-bond donors (Lipinski definition) is 1. The van der Waals surface area contributed by atoms with Crippen molar-refractivity contribution in [3.8, 4) is 0 Å². The Bertz CT molecular complexity index is 918. The van der Waals surface area contributed by atoms with Gasteiger partial charge >= 0.3 is 0 Å². The van der Waals surface area contributed by atoms with E-state index in [-0.39, 0.29) is 6.79 Å². The topological polar surface area (TPSA) is 59.4 Å². The number of pyridine rings is 1. The first-order valence-electron chi connectivity index (χ1n) is 14.6. The molecular formula is C35H57NO3. The van der Waals surface area contributed by atoms with Crippen molar-refractivity contribution in [1.29, 1.82) is 0 Å². The second-order valence-electron chi connectivity index (χ2n) is 12.1. The molecule has 1 aliphatic carbocycles. The molecule has 0 bridgehead atoms. The normalized spacial score (nSPS) is 18.9. The van der Waals surface area contributed by atoms with E-state index in [1.807, 2.05) is 26.0 Å². The van der Waals surface area contributed by atoms with Crippen LogP contribution in [0.15, 0.2) is 48.7 Å². The number of rotatable bonds is 7. The Labute approximate surface area is 240 Å². The number of aliphatic hydroxyl groups excluding tert-OH is 1. The summed E-state index contributed by atoms with van der Waals surface area (Å²) in [5.41, 5.74) is 7.74. The highest BCUT2D eigenvalue weighted by Crippen LogP contribution is 2.48. The van der Waals surface area contributed by atoms with E-state index < -0.39 is 0 Å². The van der Waals surface area contributed by atoms with Crippen molar-refractivity contribution >= 4 is 12.4 Å². The van der Waals surface area contributed by atoms with Gasteiger partial charge in [0.2, 0.25) is 0 Å². The molecule has 1 heterocycles. The van der Waals surface area contributed by atoms with Crippen LogP contribution >= 0.6 is 0 Å². The molecule has 0 aliphatic heterocycles. The molecule has 1 aliphatic rings. The highest BCUT2D eigenvalue weighted by molar-refractivity contribution is 5.66. The molecule has 1 fully saturated rings. The first kappa shape index (κ1) is 36.7. The quantitative estimate of drug-likeness (QED) is 0.356. The second-order valence-corrected chi connectivity index (χ2v) is 12.1. The Kier molecular flexibility index (Phi) is 18.5. The van der Waals surface area contributed by atoms with Gasteiger partial charge < -0.3 is 14.6 Å². The molecule has 0 radical (unpaired) electrons. The lowest BCUT2D eigenvalue weighted by atomic mass is 9.64. The molecule has 39 heavy (non-hydrogen) atoms. The molecule has 3 rings (SSSR count). The van der Waals surface area contributed by atoms with Gasteiger partial charge in [-0.25, -0.2) is 0 Å². The van der Waals surface area contributed by atoms with Crippen LogP contribution in [0.4, 0.5) is 0 Å². The number of aryl methyl sites for hydroxylation is 3. The van der Waals surface area contributed by atoms with Gasteiger partial charge in [-0.2, -0.15) is 0 Å². The molecule has 0 atom stereocenters. The van der Waals surface area contributed by atoms with Crippen LogP contribution < -0.4 is 0 Å². The largest absolute Gasteiger partial charge is 0.371 e. The lowest BCUT2D eigenvalue weighted by molar-refractivity contribution is -0.0980. The number of hydrogen-bond acceptors (Lipinski definition) is 4. The molecule has 1 N–H and O–H groups in total. The maximum absolute atomic E-state index is 8.00. The van der Waals surface area contributed by atoms with Crippen molar-refractivity contribution in [2.24, 2.45) is 16.7 Å². The molecule has 1 aromatic carbocycles. The van der Waals surface area contributed by atoms with Gasteiger partial charge in [-0.05, 0) is 106 Å². The third-order valence-corrected chi connectivity index (χ3v) is 7.14. The van der Waals surface area contributed by atoms with E-state index in [0.29, 0.717) is 23.4 Å². The average Bonchev–Trinajstić information content (AvgIpc) is 2.89. The monoisotopic (exact) mass is 539 g/mol. The van der Waals surface area contributed by atoms with Crippen molar-refractivity contribution in [2.75, 3.05) is 13.4 Å². The molecule has 0 amide bonds. The van der Waals surface area contributed by atoms with Crippen molar-refractivity contribution in [1.82, 2.24) is 4.98 Å². The molecule has 0 saturated heterocycles. The zero-order valence-electron chi connectivity index (χ0n) is 26.5. The van der Waals surface area contributed by atoms with E-state index in [0.717, 1.165) is 0 Å². The summed E-state index contributed by atoms with van der Waals surface area (Å²) in [6.45, 7) is 22.6. The lowest BCUT2D eigenvalue weighted by Gasteiger charge is -2.42. The minimum atomic E-state index is -0.156. The van der Waals surface area contributed by atoms with Crippen LogP contribution in [0, 0.1) is 30.6 Å². The summed E-state index contributed by atoms with van der Waals surface area (Å²) < 4.78 is 4.39.